The molecule has 4 bridgehead atoms. The second-order valence-corrected chi connectivity index (χ2v) is 7.07. The maximum Gasteiger partial charge on any atom is 0.240 e. The van der Waals surface area contributed by atoms with Crippen molar-refractivity contribution in [3.8, 4) is 0 Å². The number of hydrogen-bond acceptors (Lipinski definition) is 5. The Hall–Kier alpha value is -1.50. The number of carbonyl (C=O) groups excluding carboxylic acids is 1. The fourth-order valence-electron chi connectivity index (χ4n) is 5.35. The van der Waals surface area contributed by atoms with Crippen molar-refractivity contribution in [1.82, 2.24) is 25.6 Å². The van der Waals surface area contributed by atoms with Gasteiger partial charge in [0.05, 0.1) is 11.0 Å². The summed E-state index contributed by atoms with van der Waals surface area (Å²) in [4.78, 5) is 14.1. The average Bonchev–Trinajstić information content (AvgIpc) is 2.84. The largest absolute Gasteiger partial charge is 0.294 e. The molecule has 108 valence electrons. The third-order valence-corrected chi connectivity index (χ3v) is 5.58. The first-order valence-electron chi connectivity index (χ1n) is 7.33. The number of aryl methyl sites for hydroxylation is 1. The summed E-state index contributed by atoms with van der Waals surface area (Å²) in [7, 11) is 0. The number of aromatic nitrogens is 4. The van der Waals surface area contributed by atoms with Crippen molar-refractivity contribution in [2.45, 2.75) is 51.0 Å². The number of carbonyl (C=O) groups is 1. The molecule has 3 N–H and O–H groups in total. The molecule has 5 rings (SSSR count). The van der Waals surface area contributed by atoms with Crippen LogP contribution >= 0.6 is 0 Å². The Morgan fingerprint density at radius 3 is 2.60 bits per heavy atom. The Balaban J connectivity index is 1.77. The van der Waals surface area contributed by atoms with Gasteiger partial charge in [0.15, 0.2) is 5.82 Å². The van der Waals surface area contributed by atoms with Crippen LogP contribution in [0.2, 0.25) is 0 Å². The number of hydrazine groups is 1. The summed E-state index contributed by atoms with van der Waals surface area (Å²) in [5.41, 5.74) is 1.95. The first kappa shape index (κ1) is 12.3. The van der Waals surface area contributed by atoms with Crippen LogP contribution < -0.4 is 11.3 Å². The highest BCUT2D eigenvalue weighted by molar-refractivity contribution is 5.82. The Kier molecular flexibility index (Phi) is 2.32. The molecular weight excluding hydrogens is 256 g/mol. The SMILES string of the molecule is Cc1nnn(C23C[C@@H]4C[C@@H](CC(C(=O)NN)(C4)C2)C3)n1. The van der Waals surface area contributed by atoms with Crippen molar-refractivity contribution in [2.75, 3.05) is 0 Å². The van der Waals surface area contributed by atoms with E-state index in [0.717, 1.165) is 32.1 Å². The van der Waals surface area contributed by atoms with Gasteiger partial charge in [0.25, 0.3) is 0 Å². The quantitative estimate of drug-likeness (QED) is 0.459. The molecule has 0 aromatic carbocycles. The highest BCUT2D eigenvalue weighted by Gasteiger charge is 2.62. The van der Waals surface area contributed by atoms with Gasteiger partial charge in [-0.25, -0.2) is 5.84 Å². The molecule has 4 aliphatic rings. The van der Waals surface area contributed by atoms with E-state index in [1.54, 1.807) is 4.80 Å². The summed E-state index contributed by atoms with van der Waals surface area (Å²) in [6, 6.07) is 0. The van der Waals surface area contributed by atoms with Crippen molar-refractivity contribution in [3.05, 3.63) is 5.82 Å². The number of nitrogens with one attached hydrogen (secondary N) is 1. The maximum absolute atomic E-state index is 12.3. The number of tetrazole rings is 1. The van der Waals surface area contributed by atoms with Gasteiger partial charge in [0.2, 0.25) is 5.91 Å². The third-order valence-electron chi connectivity index (χ3n) is 5.58. The van der Waals surface area contributed by atoms with Gasteiger partial charge in [-0.3, -0.25) is 10.2 Å². The van der Waals surface area contributed by atoms with Gasteiger partial charge >= 0.3 is 0 Å². The Labute approximate surface area is 117 Å². The van der Waals surface area contributed by atoms with Crippen molar-refractivity contribution in [2.24, 2.45) is 23.1 Å². The van der Waals surface area contributed by atoms with Gasteiger partial charge < -0.3 is 0 Å². The van der Waals surface area contributed by atoms with Crippen LogP contribution in [0.5, 0.6) is 0 Å². The molecule has 4 fully saturated rings. The fourth-order valence-corrected chi connectivity index (χ4v) is 5.35. The van der Waals surface area contributed by atoms with Crippen molar-refractivity contribution in [1.29, 1.82) is 0 Å². The lowest BCUT2D eigenvalue weighted by atomic mass is 9.46. The average molecular weight is 276 g/mol. The highest BCUT2D eigenvalue weighted by Crippen LogP contribution is 2.63. The van der Waals surface area contributed by atoms with Gasteiger partial charge in [-0.2, -0.15) is 4.80 Å². The molecule has 4 aliphatic carbocycles. The maximum atomic E-state index is 12.3. The molecule has 1 heterocycles. The molecule has 0 aliphatic heterocycles. The van der Waals surface area contributed by atoms with Crippen LogP contribution in [0.1, 0.15) is 44.3 Å². The van der Waals surface area contributed by atoms with Crippen molar-refractivity contribution in [3.63, 3.8) is 0 Å². The van der Waals surface area contributed by atoms with Crippen LogP contribution in [0.15, 0.2) is 0 Å². The second kappa shape index (κ2) is 3.78. The van der Waals surface area contributed by atoms with Crippen LogP contribution in [-0.4, -0.2) is 26.1 Å². The van der Waals surface area contributed by atoms with Crippen LogP contribution in [0.3, 0.4) is 0 Å². The number of hydrogen-bond donors (Lipinski definition) is 2. The summed E-state index contributed by atoms with van der Waals surface area (Å²) < 4.78 is 0. The molecule has 20 heavy (non-hydrogen) atoms. The molecule has 0 saturated heterocycles. The molecule has 4 atom stereocenters. The minimum Gasteiger partial charge on any atom is -0.294 e. The lowest BCUT2D eigenvalue weighted by Crippen LogP contribution is -2.62. The van der Waals surface area contributed by atoms with Gasteiger partial charge in [0.1, 0.15) is 0 Å². The zero-order valence-electron chi connectivity index (χ0n) is 11.7. The van der Waals surface area contributed by atoms with Gasteiger partial charge in [-0.15, -0.1) is 10.2 Å². The second-order valence-electron chi connectivity index (χ2n) is 7.07. The summed E-state index contributed by atoms with van der Waals surface area (Å²) in [6.45, 7) is 1.85. The van der Waals surface area contributed by atoms with Crippen LogP contribution in [0.4, 0.5) is 0 Å². The third kappa shape index (κ3) is 1.49. The lowest BCUT2D eigenvalue weighted by molar-refractivity contribution is -0.157. The normalized spacial score (nSPS) is 41.9. The topological polar surface area (TPSA) is 98.7 Å². The van der Waals surface area contributed by atoms with Crippen molar-refractivity contribution < 1.29 is 4.79 Å². The summed E-state index contributed by atoms with van der Waals surface area (Å²) in [5.74, 6) is 7.28. The molecule has 0 spiro atoms. The zero-order valence-corrected chi connectivity index (χ0v) is 11.7. The van der Waals surface area contributed by atoms with Gasteiger partial charge in [-0.1, -0.05) is 0 Å². The Morgan fingerprint density at radius 1 is 1.35 bits per heavy atom. The number of amides is 1. The van der Waals surface area contributed by atoms with E-state index in [2.05, 4.69) is 20.8 Å². The molecule has 4 saturated carbocycles. The van der Waals surface area contributed by atoms with E-state index in [-0.39, 0.29) is 16.9 Å². The number of nitrogens with zero attached hydrogens (tertiary/aromatic N) is 4. The van der Waals surface area contributed by atoms with Crippen LogP contribution in [0.25, 0.3) is 0 Å². The summed E-state index contributed by atoms with van der Waals surface area (Å²) >= 11 is 0. The van der Waals surface area contributed by atoms with Crippen LogP contribution in [-0.2, 0) is 10.3 Å². The molecule has 7 heteroatoms. The summed E-state index contributed by atoms with van der Waals surface area (Å²) in [5, 5.41) is 12.7. The van der Waals surface area contributed by atoms with Gasteiger partial charge in [-0.05, 0) is 62.5 Å². The lowest BCUT2D eigenvalue weighted by Gasteiger charge is -2.60. The smallest absolute Gasteiger partial charge is 0.240 e. The minimum atomic E-state index is -0.319. The zero-order chi connectivity index (χ0) is 14.0. The molecular formula is C13H20N6O. The van der Waals surface area contributed by atoms with E-state index in [9.17, 15) is 4.79 Å². The molecule has 2 unspecified atom stereocenters. The van der Waals surface area contributed by atoms with E-state index in [0.29, 0.717) is 17.7 Å². The molecule has 1 amide bonds. The van der Waals surface area contributed by atoms with E-state index >= 15 is 0 Å². The predicted molar refractivity (Wildman–Crippen MR) is 70.0 cm³/mol. The molecule has 1 aromatic heterocycles. The summed E-state index contributed by atoms with van der Waals surface area (Å²) in [6.07, 6.45) is 6.09. The van der Waals surface area contributed by atoms with E-state index in [1.807, 2.05) is 6.92 Å². The van der Waals surface area contributed by atoms with Crippen LogP contribution in [0, 0.1) is 24.2 Å². The molecule has 7 nitrogen and oxygen atoms in total. The number of nitrogens with two attached hydrogens (primary N) is 1. The van der Waals surface area contributed by atoms with Gasteiger partial charge in [0, 0.05) is 0 Å². The molecule has 1 aromatic rings. The standard InChI is InChI=1S/C13H20N6O/c1-8-16-18-19(17-8)13-5-9-2-10(6-13)4-12(3-9,7-13)11(20)15-14/h9-10H,2-7,14H2,1H3,(H,15,20)/t9-,10+,12?,13?. The van der Waals surface area contributed by atoms with E-state index in [4.69, 9.17) is 5.84 Å². The number of rotatable bonds is 2. The fraction of sp³-hybridized carbons (Fsp3) is 0.846. The Bertz CT molecular complexity index is 553. The predicted octanol–water partition coefficient (Wildman–Crippen LogP) is 0.267. The highest BCUT2D eigenvalue weighted by atomic mass is 16.2. The first-order chi connectivity index (χ1) is 9.55. The Morgan fingerprint density at radius 2 is 2.05 bits per heavy atom. The monoisotopic (exact) mass is 276 g/mol. The van der Waals surface area contributed by atoms with Crippen molar-refractivity contribution >= 4 is 5.91 Å². The minimum absolute atomic E-state index is 0.00666. The van der Waals surface area contributed by atoms with E-state index < -0.39 is 0 Å². The molecule has 0 radical (unpaired) electrons. The first-order valence-corrected chi connectivity index (χ1v) is 7.33. The van der Waals surface area contributed by atoms with E-state index in [1.165, 1.54) is 6.42 Å².